The Morgan fingerprint density at radius 2 is 1.78 bits per heavy atom. The highest BCUT2D eigenvalue weighted by atomic mass is 16.5. The molecule has 2 aliphatic heterocycles. The van der Waals surface area contributed by atoms with Crippen molar-refractivity contribution >= 4 is 5.91 Å². The molecule has 0 aromatic heterocycles. The summed E-state index contributed by atoms with van der Waals surface area (Å²) < 4.78 is 5.44. The van der Waals surface area contributed by atoms with Crippen molar-refractivity contribution in [2.75, 3.05) is 26.7 Å². The van der Waals surface area contributed by atoms with Crippen LogP contribution in [0.5, 0.6) is 5.75 Å². The van der Waals surface area contributed by atoms with E-state index in [0.717, 1.165) is 63.2 Å². The third-order valence-corrected chi connectivity index (χ3v) is 5.96. The van der Waals surface area contributed by atoms with E-state index in [0.29, 0.717) is 6.04 Å². The van der Waals surface area contributed by atoms with Crippen LogP contribution in [0, 0.1) is 0 Å². The van der Waals surface area contributed by atoms with E-state index in [9.17, 15) is 4.79 Å². The van der Waals surface area contributed by atoms with Gasteiger partial charge in [-0.2, -0.15) is 0 Å². The van der Waals surface area contributed by atoms with Crippen molar-refractivity contribution in [3.05, 3.63) is 65.2 Å². The van der Waals surface area contributed by atoms with Crippen LogP contribution in [0.1, 0.15) is 40.7 Å². The van der Waals surface area contributed by atoms with Crippen LogP contribution in [-0.2, 0) is 13.0 Å². The number of hydrogen-bond donors (Lipinski definition) is 0. The predicted octanol–water partition coefficient (Wildman–Crippen LogP) is 3.75. The molecule has 0 saturated carbocycles. The summed E-state index contributed by atoms with van der Waals surface area (Å²) in [6.07, 6.45) is 4.34. The van der Waals surface area contributed by atoms with E-state index in [1.807, 2.05) is 30.3 Å². The molecule has 2 aromatic rings. The van der Waals surface area contributed by atoms with Crippen molar-refractivity contribution in [3.8, 4) is 5.75 Å². The van der Waals surface area contributed by atoms with Gasteiger partial charge in [-0.3, -0.25) is 4.79 Å². The van der Waals surface area contributed by atoms with Crippen molar-refractivity contribution in [1.82, 2.24) is 9.80 Å². The molecule has 142 valence electrons. The van der Waals surface area contributed by atoms with Gasteiger partial charge in [-0.05, 0) is 55.5 Å². The molecule has 1 saturated heterocycles. The van der Waals surface area contributed by atoms with Crippen LogP contribution in [0.15, 0.2) is 48.5 Å². The number of benzene rings is 2. The number of methoxy groups -OCH3 is 1. The molecular weight excluding hydrogens is 336 g/mol. The SMILES string of the molecule is COc1ccccc1CCCN1CCC(N2Cc3ccccc3C2=O)CC1. The lowest BCUT2D eigenvalue weighted by molar-refractivity contribution is 0.0596. The summed E-state index contributed by atoms with van der Waals surface area (Å²) in [5.41, 5.74) is 3.37. The minimum atomic E-state index is 0.222. The maximum atomic E-state index is 12.7. The van der Waals surface area contributed by atoms with Gasteiger partial charge in [0.05, 0.1) is 7.11 Å². The van der Waals surface area contributed by atoms with Crippen LogP contribution in [-0.4, -0.2) is 48.5 Å². The number of carbonyl (C=O) groups excluding carboxylic acids is 1. The Labute approximate surface area is 161 Å². The molecule has 1 amide bonds. The number of amides is 1. The minimum absolute atomic E-state index is 0.222. The van der Waals surface area contributed by atoms with Crippen LogP contribution in [0.25, 0.3) is 0 Å². The van der Waals surface area contributed by atoms with Crippen LogP contribution >= 0.6 is 0 Å². The van der Waals surface area contributed by atoms with Gasteiger partial charge >= 0.3 is 0 Å². The average molecular weight is 364 g/mol. The summed E-state index contributed by atoms with van der Waals surface area (Å²) in [6, 6.07) is 16.7. The van der Waals surface area contributed by atoms with Crippen molar-refractivity contribution < 1.29 is 9.53 Å². The quantitative estimate of drug-likeness (QED) is 0.783. The van der Waals surface area contributed by atoms with Crippen molar-refractivity contribution in [3.63, 3.8) is 0 Å². The fourth-order valence-corrected chi connectivity index (χ4v) is 4.43. The number of ether oxygens (including phenoxy) is 1. The van der Waals surface area contributed by atoms with Gasteiger partial charge in [-0.15, -0.1) is 0 Å². The van der Waals surface area contributed by atoms with Crippen LogP contribution in [0.4, 0.5) is 0 Å². The van der Waals surface area contributed by atoms with E-state index in [4.69, 9.17) is 4.74 Å². The lowest BCUT2D eigenvalue weighted by atomic mass is 10.0. The third kappa shape index (κ3) is 3.86. The Kier molecular flexibility index (Phi) is 5.44. The molecule has 1 fully saturated rings. The lowest BCUT2D eigenvalue weighted by Gasteiger charge is -2.36. The van der Waals surface area contributed by atoms with Gasteiger partial charge < -0.3 is 14.5 Å². The number of nitrogens with zero attached hydrogens (tertiary/aromatic N) is 2. The van der Waals surface area contributed by atoms with Gasteiger partial charge in [0, 0.05) is 31.2 Å². The molecule has 4 rings (SSSR count). The third-order valence-electron chi connectivity index (χ3n) is 5.96. The Morgan fingerprint density at radius 1 is 1.04 bits per heavy atom. The molecule has 0 unspecified atom stereocenters. The second-order valence-corrected chi connectivity index (χ2v) is 7.58. The number of fused-ring (bicyclic) bond motifs is 1. The van der Waals surface area contributed by atoms with Gasteiger partial charge in [0.15, 0.2) is 0 Å². The standard InChI is InChI=1S/C23H28N2O2/c1-27-22-11-5-3-7-18(22)9-6-14-24-15-12-20(13-16-24)25-17-19-8-2-4-10-21(19)23(25)26/h2-5,7-8,10-11,20H,6,9,12-17H2,1H3. The Balaban J connectivity index is 1.25. The zero-order valence-corrected chi connectivity index (χ0v) is 16.1. The summed E-state index contributed by atoms with van der Waals surface area (Å²) in [5, 5.41) is 0. The molecule has 4 nitrogen and oxygen atoms in total. The summed E-state index contributed by atoms with van der Waals surface area (Å²) in [7, 11) is 1.74. The van der Waals surface area contributed by atoms with E-state index < -0.39 is 0 Å². The highest BCUT2D eigenvalue weighted by Crippen LogP contribution is 2.28. The maximum absolute atomic E-state index is 12.7. The molecule has 0 atom stereocenters. The summed E-state index contributed by atoms with van der Waals surface area (Å²) >= 11 is 0. The van der Waals surface area contributed by atoms with Crippen LogP contribution in [0.3, 0.4) is 0 Å². The number of likely N-dealkylation sites (tertiary alicyclic amines) is 1. The Bertz CT molecular complexity index is 796. The van der Waals surface area contributed by atoms with Crippen molar-refractivity contribution in [1.29, 1.82) is 0 Å². The Hall–Kier alpha value is -2.33. The van der Waals surface area contributed by atoms with Crippen LogP contribution in [0.2, 0.25) is 0 Å². The second kappa shape index (κ2) is 8.13. The molecule has 0 bridgehead atoms. The molecule has 0 aliphatic carbocycles. The zero-order valence-electron chi connectivity index (χ0n) is 16.1. The first-order chi connectivity index (χ1) is 13.3. The van der Waals surface area contributed by atoms with Gasteiger partial charge in [0.2, 0.25) is 0 Å². The summed E-state index contributed by atoms with van der Waals surface area (Å²) in [5.74, 6) is 1.21. The number of carbonyl (C=O) groups is 1. The Morgan fingerprint density at radius 3 is 2.56 bits per heavy atom. The molecule has 0 N–H and O–H groups in total. The summed E-state index contributed by atoms with van der Waals surface area (Å²) in [6.45, 7) is 4.06. The fraction of sp³-hybridized carbons (Fsp3) is 0.435. The van der Waals surface area contributed by atoms with E-state index in [2.05, 4.69) is 28.0 Å². The molecule has 2 aromatic carbocycles. The number of para-hydroxylation sites is 1. The number of rotatable bonds is 6. The molecule has 0 radical (unpaired) electrons. The monoisotopic (exact) mass is 364 g/mol. The maximum Gasteiger partial charge on any atom is 0.254 e. The number of aryl methyl sites for hydroxylation is 1. The molecule has 4 heteroatoms. The lowest BCUT2D eigenvalue weighted by Crippen LogP contribution is -2.45. The second-order valence-electron chi connectivity index (χ2n) is 7.58. The molecule has 27 heavy (non-hydrogen) atoms. The highest BCUT2D eigenvalue weighted by Gasteiger charge is 2.33. The van der Waals surface area contributed by atoms with Gasteiger partial charge in [0.25, 0.3) is 5.91 Å². The predicted molar refractivity (Wildman–Crippen MR) is 107 cm³/mol. The highest BCUT2D eigenvalue weighted by molar-refractivity contribution is 5.98. The first-order valence-electron chi connectivity index (χ1n) is 9.99. The average Bonchev–Trinajstić information content (AvgIpc) is 3.06. The molecule has 2 aliphatic rings. The van der Waals surface area contributed by atoms with Gasteiger partial charge in [-0.1, -0.05) is 36.4 Å². The summed E-state index contributed by atoms with van der Waals surface area (Å²) in [4.78, 5) is 17.3. The molecule has 0 spiro atoms. The normalized spacial score (nSPS) is 18.0. The van der Waals surface area contributed by atoms with Gasteiger partial charge in [0.1, 0.15) is 5.75 Å². The first-order valence-corrected chi connectivity index (χ1v) is 9.99. The fourth-order valence-electron chi connectivity index (χ4n) is 4.43. The van der Waals surface area contributed by atoms with Gasteiger partial charge in [-0.25, -0.2) is 0 Å². The van der Waals surface area contributed by atoms with E-state index in [1.165, 1.54) is 11.1 Å². The van der Waals surface area contributed by atoms with Crippen molar-refractivity contribution in [2.45, 2.75) is 38.3 Å². The smallest absolute Gasteiger partial charge is 0.254 e. The van der Waals surface area contributed by atoms with Crippen LogP contribution < -0.4 is 4.74 Å². The van der Waals surface area contributed by atoms with E-state index >= 15 is 0 Å². The van der Waals surface area contributed by atoms with E-state index in [1.54, 1.807) is 7.11 Å². The minimum Gasteiger partial charge on any atom is -0.496 e. The van der Waals surface area contributed by atoms with E-state index in [-0.39, 0.29) is 5.91 Å². The topological polar surface area (TPSA) is 32.8 Å². The largest absolute Gasteiger partial charge is 0.496 e. The number of hydrogen-bond acceptors (Lipinski definition) is 3. The zero-order chi connectivity index (χ0) is 18.6. The molecular formula is C23H28N2O2. The first kappa shape index (κ1) is 18.1. The van der Waals surface area contributed by atoms with Crippen molar-refractivity contribution in [2.24, 2.45) is 0 Å². The molecule has 2 heterocycles. The number of piperidine rings is 1.